The Hall–Kier alpha value is -1.52. The monoisotopic (exact) mass is 265 g/mol. The first-order valence-corrected chi connectivity index (χ1v) is 7.27. The molecule has 7 heteroatoms. The van der Waals surface area contributed by atoms with E-state index >= 15 is 0 Å². The molecule has 1 aromatic carbocycles. The van der Waals surface area contributed by atoms with Gasteiger partial charge in [0.2, 0.25) is 0 Å². The van der Waals surface area contributed by atoms with Gasteiger partial charge in [0.15, 0.2) is 9.84 Å². The molecule has 0 aliphatic carbocycles. The van der Waals surface area contributed by atoms with Crippen LogP contribution in [0.3, 0.4) is 0 Å². The summed E-state index contributed by atoms with van der Waals surface area (Å²) in [7, 11) is -1.69. The molecule has 0 saturated heterocycles. The van der Waals surface area contributed by atoms with Crippen molar-refractivity contribution in [1.82, 2.24) is 0 Å². The number of fused-ring (bicyclic) bond motifs is 1. The highest BCUT2D eigenvalue weighted by atomic mass is 32.2. The first kappa shape index (κ1) is 12.9. The van der Waals surface area contributed by atoms with Crippen molar-refractivity contribution in [2.24, 2.45) is 0 Å². The number of methoxy groups -OCH3 is 1. The number of ether oxygens (including phenoxy) is 1. The van der Waals surface area contributed by atoms with Gasteiger partial charge in [-0.05, 0) is 29.6 Å². The van der Waals surface area contributed by atoms with Gasteiger partial charge in [-0.15, -0.1) is 0 Å². The first-order chi connectivity index (χ1) is 8.47. The predicted molar refractivity (Wildman–Crippen MR) is 65.5 cm³/mol. The molecule has 94 valence electrons. The molecule has 1 unspecified atom stereocenters. The van der Waals surface area contributed by atoms with Crippen molar-refractivity contribution in [3.8, 4) is 6.26 Å². The van der Waals surface area contributed by atoms with Gasteiger partial charge in [0.25, 0.3) is 6.26 Å². The van der Waals surface area contributed by atoms with Crippen molar-refractivity contribution in [2.45, 2.75) is 17.2 Å². The molecule has 0 saturated carbocycles. The molecule has 2 rings (SSSR count). The Morgan fingerprint density at radius 1 is 1.50 bits per heavy atom. The van der Waals surface area contributed by atoms with Gasteiger partial charge < -0.3 is 9.39 Å². The van der Waals surface area contributed by atoms with Gasteiger partial charge in [0, 0.05) is 13.4 Å². The SMILES string of the molecule is COC1B(OC#N)Cc2cc(S(C)(=O)=O)ccc21. The standard InChI is InChI=1S/C11H12BNO4S/c1-16-11-10-4-3-9(18(2,14)15)5-8(10)6-12(11)17-7-13/h3-5,11H,6H2,1-2H3. The van der Waals surface area contributed by atoms with E-state index in [2.05, 4.69) is 0 Å². The summed E-state index contributed by atoms with van der Waals surface area (Å²) >= 11 is 0. The maximum Gasteiger partial charge on any atom is 0.411 e. The lowest BCUT2D eigenvalue weighted by Gasteiger charge is -2.12. The van der Waals surface area contributed by atoms with Crippen LogP contribution < -0.4 is 0 Å². The molecule has 5 nitrogen and oxygen atoms in total. The lowest BCUT2D eigenvalue weighted by atomic mass is 9.62. The first-order valence-electron chi connectivity index (χ1n) is 5.37. The number of hydrogen-bond acceptors (Lipinski definition) is 5. The van der Waals surface area contributed by atoms with Gasteiger partial charge in [-0.3, -0.25) is 0 Å². The van der Waals surface area contributed by atoms with Crippen molar-refractivity contribution in [3.63, 3.8) is 0 Å². The second-order valence-corrected chi connectivity index (χ2v) is 6.26. The molecule has 0 N–H and O–H groups in total. The van der Waals surface area contributed by atoms with Gasteiger partial charge >= 0.3 is 6.92 Å². The van der Waals surface area contributed by atoms with Crippen LogP contribution in [0.1, 0.15) is 17.1 Å². The molecular weight excluding hydrogens is 253 g/mol. The molecular formula is C11H12BNO4S. The van der Waals surface area contributed by atoms with E-state index in [1.54, 1.807) is 24.5 Å². The van der Waals surface area contributed by atoms with E-state index < -0.39 is 9.84 Å². The molecule has 0 bridgehead atoms. The van der Waals surface area contributed by atoms with Crippen LogP contribution in [-0.4, -0.2) is 28.7 Å². The topological polar surface area (TPSA) is 76.4 Å². The van der Waals surface area contributed by atoms with Crippen molar-refractivity contribution in [1.29, 1.82) is 5.26 Å². The molecule has 1 aliphatic heterocycles. The highest BCUT2D eigenvalue weighted by molar-refractivity contribution is 7.90. The molecule has 0 radical (unpaired) electrons. The largest absolute Gasteiger partial charge is 0.494 e. The fourth-order valence-electron chi connectivity index (χ4n) is 2.24. The van der Waals surface area contributed by atoms with Crippen LogP contribution >= 0.6 is 0 Å². The summed E-state index contributed by atoms with van der Waals surface area (Å²) in [5.74, 6) is 0. The third-order valence-electron chi connectivity index (χ3n) is 3.07. The van der Waals surface area contributed by atoms with Crippen LogP contribution in [0.25, 0.3) is 0 Å². The molecule has 1 heterocycles. The Kier molecular flexibility index (Phi) is 3.33. The van der Waals surface area contributed by atoms with Crippen LogP contribution in [0.15, 0.2) is 23.1 Å². The fraction of sp³-hybridized carbons (Fsp3) is 0.364. The molecule has 0 aromatic heterocycles. The normalized spacial score (nSPS) is 18.3. The van der Waals surface area contributed by atoms with Crippen LogP contribution in [-0.2, 0) is 25.5 Å². The zero-order valence-corrected chi connectivity index (χ0v) is 10.9. The third kappa shape index (κ3) is 2.21. The zero-order valence-electron chi connectivity index (χ0n) is 10.1. The highest BCUT2D eigenvalue weighted by Crippen LogP contribution is 2.34. The fourth-order valence-corrected chi connectivity index (χ4v) is 2.91. The zero-order chi connectivity index (χ0) is 13.3. The molecule has 1 aromatic rings. The summed E-state index contributed by atoms with van der Waals surface area (Å²) < 4.78 is 33.2. The summed E-state index contributed by atoms with van der Waals surface area (Å²) in [6.07, 6.45) is 3.30. The lowest BCUT2D eigenvalue weighted by molar-refractivity contribution is 0.153. The molecule has 1 aliphatic rings. The molecule has 0 fully saturated rings. The smallest absolute Gasteiger partial charge is 0.411 e. The summed E-state index contributed by atoms with van der Waals surface area (Å²) in [6, 6.07) is 4.57. The van der Waals surface area contributed by atoms with Gasteiger partial charge in [-0.25, -0.2) is 8.42 Å². The van der Waals surface area contributed by atoms with Gasteiger partial charge in [0.05, 0.1) is 4.90 Å². The summed E-state index contributed by atoms with van der Waals surface area (Å²) in [4.78, 5) is 0.272. The average molecular weight is 265 g/mol. The Labute approximate surface area is 106 Å². The minimum atomic E-state index is -3.23. The van der Waals surface area contributed by atoms with Crippen LogP contribution in [0.2, 0.25) is 0 Å². The van der Waals surface area contributed by atoms with Crippen molar-refractivity contribution in [2.75, 3.05) is 13.4 Å². The van der Waals surface area contributed by atoms with E-state index in [1.807, 2.05) is 0 Å². The number of nitriles is 1. The van der Waals surface area contributed by atoms with Crippen molar-refractivity contribution < 1.29 is 17.8 Å². The number of sulfone groups is 1. The molecule has 18 heavy (non-hydrogen) atoms. The van der Waals surface area contributed by atoms with Gasteiger partial charge in [0.1, 0.15) is 6.00 Å². The maximum absolute atomic E-state index is 11.5. The molecule has 1 atom stereocenters. The Morgan fingerprint density at radius 3 is 2.78 bits per heavy atom. The number of hydrogen-bond donors (Lipinski definition) is 0. The van der Waals surface area contributed by atoms with Crippen LogP contribution in [0.5, 0.6) is 0 Å². The van der Waals surface area contributed by atoms with Gasteiger partial charge in [-0.2, -0.15) is 5.26 Å². The predicted octanol–water partition coefficient (Wildman–Crippen LogP) is 0.901. The minimum absolute atomic E-state index is 0.272. The lowest BCUT2D eigenvalue weighted by Crippen LogP contribution is -2.23. The molecule has 0 spiro atoms. The Morgan fingerprint density at radius 2 is 2.22 bits per heavy atom. The van der Waals surface area contributed by atoms with E-state index in [4.69, 9.17) is 14.7 Å². The summed E-state index contributed by atoms with van der Waals surface area (Å²) in [5.41, 5.74) is 1.73. The van der Waals surface area contributed by atoms with Gasteiger partial charge in [-0.1, -0.05) is 6.07 Å². The minimum Gasteiger partial charge on any atom is -0.494 e. The van der Waals surface area contributed by atoms with E-state index in [0.29, 0.717) is 6.32 Å². The molecule has 0 amide bonds. The second kappa shape index (κ2) is 4.63. The average Bonchev–Trinajstić information content (AvgIpc) is 2.64. The number of rotatable bonds is 3. The summed E-state index contributed by atoms with van der Waals surface area (Å²) in [6.45, 7) is -0.384. The van der Waals surface area contributed by atoms with Crippen LogP contribution in [0, 0.1) is 11.5 Å². The number of benzene rings is 1. The van der Waals surface area contributed by atoms with E-state index in [0.717, 1.165) is 11.1 Å². The van der Waals surface area contributed by atoms with E-state index in [1.165, 1.54) is 13.4 Å². The number of nitrogens with zero attached hydrogens (tertiary/aromatic N) is 1. The highest BCUT2D eigenvalue weighted by Gasteiger charge is 2.40. The summed E-state index contributed by atoms with van der Waals surface area (Å²) in [5, 5.41) is 8.58. The van der Waals surface area contributed by atoms with Crippen molar-refractivity contribution in [3.05, 3.63) is 29.3 Å². The van der Waals surface area contributed by atoms with Crippen molar-refractivity contribution >= 4 is 16.8 Å². The quantitative estimate of drug-likeness (QED) is 0.599. The Balaban J connectivity index is 2.42. The Bertz CT molecular complexity index is 608. The van der Waals surface area contributed by atoms with Crippen LogP contribution in [0.4, 0.5) is 0 Å². The van der Waals surface area contributed by atoms with E-state index in [9.17, 15) is 8.42 Å². The third-order valence-corrected chi connectivity index (χ3v) is 4.18. The second-order valence-electron chi connectivity index (χ2n) is 4.24. The van der Waals surface area contributed by atoms with E-state index in [-0.39, 0.29) is 17.8 Å². The maximum atomic E-state index is 11.5.